The zero-order chi connectivity index (χ0) is 18.2. The number of amides is 4. The van der Waals surface area contributed by atoms with E-state index in [0.29, 0.717) is 18.8 Å². The van der Waals surface area contributed by atoms with E-state index in [9.17, 15) is 14.4 Å². The van der Waals surface area contributed by atoms with Gasteiger partial charge >= 0.3 is 6.03 Å². The SMILES string of the molecule is CC(C)C(NC(=O)Nc1ccccc1)C(=O)NCCNC(=O)C1CC1. The van der Waals surface area contributed by atoms with E-state index >= 15 is 0 Å². The predicted molar refractivity (Wildman–Crippen MR) is 96.0 cm³/mol. The first-order chi connectivity index (χ1) is 12.0. The van der Waals surface area contributed by atoms with Crippen molar-refractivity contribution >= 4 is 23.5 Å². The number of anilines is 1. The first-order valence-electron chi connectivity index (χ1n) is 8.65. The minimum Gasteiger partial charge on any atom is -0.354 e. The van der Waals surface area contributed by atoms with Gasteiger partial charge in [-0.3, -0.25) is 9.59 Å². The van der Waals surface area contributed by atoms with Crippen LogP contribution in [0.15, 0.2) is 30.3 Å². The van der Waals surface area contributed by atoms with Crippen LogP contribution in [0, 0.1) is 11.8 Å². The Kier molecular flexibility index (Phi) is 6.80. The third-order valence-corrected chi connectivity index (χ3v) is 3.94. The molecule has 1 unspecified atom stereocenters. The Morgan fingerprint density at radius 1 is 1.04 bits per heavy atom. The molecule has 0 spiro atoms. The molecule has 0 radical (unpaired) electrons. The highest BCUT2D eigenvalue weighted by molar-refractivity contribution is 5.93. The molecule has 7 nitrogen and oxygen atoms in total. The van der Waals surface area contributed by atoms with Crippen molar-refractivity contribution in [3.63, 3.8) is 0 Å². The number of benzene rings is 1. The topological polar surface area (TPSA) is 99.3 Å². The molecule has 25 heavy (non-hydrogen) atoms. The largest absolute Gasteiger partial charge is 0.354 e. The summed E-state index contributed by atoms with van der Waals surface area (Å²) < 4.78 is 0. The lowest BCUT2D eigenvalue weighted by Crippen LogP contribution is -2.51. The number of carbonyl (C=O) groups excluding carboxylic acids is 3. The number of hydrogen-bond donors (Lipinski definition) is 4. The van der Waals surface area contributed by atoms with Crippen LogP contribution in [-0.4, -0.2) is 37.0 Å². The van der Waals surface area contributed by atoms with E-state index in [4.69, 9.17) is 0 Å². The molecular formula is C18H26N4O3. The first kappa shape index (κ1) is 18.8. The van der Waals surface area contributed by atoms with Crippen LogP contribution >= 0.6 is 0 Å². The van der Waals surface area contributed by atoms with Gasteiger partial charge in [0.25, 0.3) is 0 Å². The van der Waals surface area contributed by atoms with Gasteiger partial charge in [-0.2, -0.15) is 0 Å². The highest BCUT2D eigenvalue weighted by Gasteiger charge is 2.29. The molecule has 1 aromatic rings. The number of carbonyl (C=O) groups is 3. The van der Waals surface area contributed by atoms with Crippen molar-refractivity contribution in [2.24, 2.45) is 11.8 Å². The van der Waals surface area contributed by atoms with Gasteiger partial charge in [0.2, 0.25) is 11.8 Å². The summed E-state index contributed by atoms with van der Waals surface area (Å²) in [5.74, 6) is -0.126. The van der Waals surface area contributed by atoms with Crippen molar-refractivity contribution in [1.82, 2.24) is 16.0 Å². The van der Waals surface area contributed by atoms with Crippen LogP contribution in [0.25, 0.3) is 0 Å². The second-order valence-corrected chi connectivity index (χ2v) is 6.54. The van der Waals surface area contributed by atoms with E-state index in [0.717, 1.165) is 12.8 Å². The highest BCUT2D eigenvalue weighted by atomic mass is 16.2. The zero-order valence-corrected chi connectivity index (χ0v) is 14.7. The predicted octanol–water partition coefficient (Wildman–Crippen LogP) is 1.48. The monoisotopic (exact) mass is 346 g/mol. The Morgan fingerprint density at radius 3 is 2.28 bits per heavy atom. The minimum absolute atomic E-state index is 0.0509. The fourth-order valence-electron chi connectivity index (χ4n) is 2.34. The van der Waals surface area contributed by atoms with E-state index < -0.39 is 12.1 Å². The number of nitrogens with one attached hydrogen (secondary N) is 4. The van der Waals surface area contributed by atoms with Gasteiger partial charge in [0.15, 0.2) is 0 Å². The molecule has 0 saturated heterocycles. The van der Waals surface area contributed by atoms with Crippen LogP contribution in [0.2, 0.25) is 0 Å². The quantitative estimate of drug-likeness (QED) is 0.537. The van der Waals surface area contributed by atoms with Crippen LogP contribution in [-0.2, 0) is 9.59 Å². The fourth-order valence-corrected chi connectivity index (χ4v) is 2.34. The van der Waals surface area contributed by atoms with Gasteiger partial charge in [0, 0.05) is 24.7 Å². The van der Waals surface area contributed by atoms with E-state index in [2.05, 4.69) is 21.3 Å². The average molecular weight is 346 g/mol. The van der Waals surface area contributed by atoms with Crippen molar-refractivity contribution < 1.29 is 14.4 Å². The summed E-state index contributed by atoms with van der Waals surface area (Å²) in [7, 11) is 0. The molecule has 4 amide bonds. The highest BCUT2D eigenvalue weighted by Crippen LogP contribution is 2.28. The Labute approximate surface area is 147 Å². The summed E-state index contributed by atoms with van der Waals surface area (Å²) in [5, 5.41) is 10.9. The first-order valence-corrected chi connectivity index (χ1v) is 8.65. The molecule has 1 aliphatic rings. The van der Waals surface area contributed by atoms with Crippen molar-refractivity contribution in [2.75, 3.05) is 18.4 Å². The van der Waals surface area contributed by atoms with Gasteiger partial charge in [-0.25, -0.2) is 4.79 Å². The average Bonchev–Trinajstić information content (AvgIpc) is 3.42. The van der Waals surface area contributed by atoms with E-state index in [1.165, 1.54) is 0 Å². The molecule has 4 N–H and O–H groups in total. The molecule has 0 bridgehead atoms. The zero-order valence-electron chi connectivity index (χ0n) is 14.7. The van der Waals surface area contributed by atoms with Crippen molar-refractivity contribution in [2.45, 2.75) is 32.7 Å². The lowest BCUT2D eigenvalue weighted by Gasteiger charge is -2.22. The number of urea groups is 1. The van der Waals surface area contributed by atoms with E-state index in [1.807, 2.05) is 32.0 Å². The molecular weight excluding hydrogens is 320 g/mol. The standard InChI is InChI=1S/C18H26N4O3/c1-12(2)15(22-18(25)21-14-6-4-3-5-7-14)17(24)20-11-10-19-16(23)13-8-9-13/h3-7,12-13,15H,8-11H2,1-2H3,(H,19,23)(H,20,24)(H2,21,22,25). The number of para-hydroxylation sites is 1. The Bertz CT molecular complexity index is 600. The summed E-state index contributed by atoms with van der Waals surface area (Å²) in [6.45, 7) is 4.45. The molecule has 136 valence electrons. The molecule has 0 aliphatic heterocycles. The van der Waals surface area contributed by atoms with Crippen LogP contribution in [0.4, 0.5) is 10.5 Å². The molecule has 0 heterocycles. The summed E-state index contributed by atoms with van der Waals surface area (Å²) in [4.78, 5) is 35.9. The molecule has 1 aromatic carbocycles. The van der Waals surface area contributed by atoms with E-state index in [-0.39, 0.29) is 23.7 Å². The summed E-state index contributed by atoms with van der Waals surface area (Å²) in [5.41, 5.74) is 0.658. The van der Waals surface area contributed by atoms with Gasteiger partial charge in [0.05, 0.1) is 0 Å². The van der Waals surface area contributed by atoms with Gasteiger partial charge in [0.1, 0.15) is 6.04 Å². The third kappa shape index (κ3) is 6.45. The molecule has 1 saturated carbocycles. The van der Waals surface area contributed by atoms with Crippen LogP contribution < -0.4 is 21.3 Å². The van der Waals surface area contributed by atoms with Gasteiger partial charge < -0.3 is 21.3 Å². The van der Waals surface area contributed by atoms with Gasteiger partial charge in [-0.05, 0) is 30.9 Å². The number of rotatable bonds is 8. The molecule has 1 fully saturated rings. The molecule has 2 rings (SSSR count). The summed E-state index contributed by atoms with van der Waals surface area (Å²) >= 11 is 0. The maximum absolute atomic E-state index is 12.3. The second-order valence-electron chi connectivity index (χ2n) is 6.54. The Balaban J connectivity index is 1.74. The molecule has 1 atom stereocenters. The third-order valence-electron chi connectivity index (χ3n) is 3.94. The summed E-state index contributed by atoms with van der Waals surface area (Å²) in [6, 6.07) is 7.95. The maximum atomic E-state index is 12.3. The van der Waals surface area contributed by atoms with Crippen LogP contribution in [0.3, 0.4) is 0 Å². The number of hydrogen-bond acceptors (Lipinski definition) is 3. The molecule has 0 aromatic heterocycles. The fraction of sp³-hybridized carbons (Fsp3) is 0.500. The van der Waals surface area contributed by atoms with Crippen molar-refractivity contribution in [1.29, 1.82) is 0 Å². The van der Waals surface area contributed by atoms with Gasteiger partial charge in [-0.1, -0.05) is 32.0 Å². The smallest absolute Gasteiger partial charge is 0.319 e. The van der Waals surface area contributed by atoms with Crippen molar-refractivity contribution in [3.05, 3.63) is 30.3 Å². The van der Waals surface area contributed by atoms with Crippen LogP contribution in [0.5, 0.6) is 0 Å². The minimum atomic E-state index is -0.650. The van der Waals surface area contributed by atoms with Gasteiger partial charge in [-0.15, -0.1) is 0 Å². The van der Waals surface area contributed by atoms with E-state index in [1.54, 1.807) is 12.1 Å². The second kappa shape index (κ2) is 9.05. The Morgan fingerprint density at radius 2 is 1.68 bits per heavy atom. The lowest BCUT2D eigenvalue weighted by molar-refractivity contribution is -0.125. The lowest BCUT2D eigenvalue weighted by atomic mass is 10.0. The van der Waals surface area contributed by atoms with Crippen molar-refractivity contribution in [3.8, 4) is 0 Å². The summed E-state index contributed by atoms with van der Waals surface area (Å²) in [6.07, 6.45) is 1.90. The molecule has 7 heteroatoms. The maximum Gasteiger partial charge on any atom is 0.319 e. The Hall–Kier alpha value is -2.57. The molecule has 1 aliphatic carbocycles. The normalized spacial score (nSPS) is 14.5. The van der Waals surface area contributed by atoms with Crippen LogP contribution in [0.1, 0.15) is 26.7 Å².